The fourth-order valence-corrected chi connectivity index (χ4v) is 2.20. The Morgan fingerprint density at radius 2 is 2.38 bits per heavy atom. The van der Waals surface area contributed by atoms with E-state index < -0.39 is 0 Å². The number of nitrogens with zero attached hydrogens (tertiary/aromatic N) is 2. The van der Waals surface area contributed by atoms with Gasteiger partial charge >= 0.3 is 0 Å². The molecule has 1 heterocycles. The number of rotatable bonds is 2. The lowest BCUT2D eigenvalue weighted by Gasteiger charge is -2.26. The van der Waals surface area contributed by atoms with E-state index in [1.165, 1.54) is 0 Å². The molecule has 0 bridgehead atoms. The van der Waals surface area contributed by atoms with E-state index in [1.54, 1.807) is 12.1 Å². The quantitative estimate of drug-likeness (QED) is 0.791. The van der Waals surface area contributed by atoms with Gasteiger partial charge in [0.1, 0.15) is 0 Å². The van der Waals surface area contributed by atoms with Gasteiger partial charge in [-0.1, -0.05) is 11.6 Å². The zero-order valence-corrected chi connectivity index (χ0v) is 9.87. The molecule has 0 aliphatic carbocycles. The zero-order valence-electron chi connectivity index (χ0n) is 9.11. The van der Waals surface area contributed by atoms with Crippen LogP contribution in [0.25, 0.3) is 0 Å². The van der Waals surface area contributed by atoms with Gasteiger partial charge < -0.3 is 9.64 Å². The number of ether oxygens (including phenoxy) is 1. The van der Waals surface area contributed by atoms with E-state index in [4.69, 9.17) is 21.6 Å². The molecule has 1 aromatic rings. The van der Waals surface area contributed by atoms with Crippen molar-refractivity contribution in [1.29, 1.82) is 5.26 Å². The minimum Gasteiger partial charge on any atom is -0.379 e. The van der Waals surface area contributed by atoms with Crippen molar-refractivity contribution < 1.29 is 4.74 Å². The molecule has 1 saturated heterocycles. The maximum atomic E-state index is 8.76. The highest BCUT2D eigenvalue weighted by Crippen LogP contribution is 2.28. The monoisotopic (exact) mass is 236 g/mol. The molecule has 1 unspecified atom stereocenters. The fraction of sp³-hybridized carbons (Fsp3) is 0.417. The molecule has 0 aromatic heterocycles. The number of nitriles is 1. The summed E-state index contributed by atoms with van der Waals surface area (Å²) in [6.45, 7) is 1.55. The van der Waals surface area contributed by atoms with Gasteiger partial charge in [0.05, 0.1) is 35.0 Å². The van der Waals surface area contributed by atoms with Crippen LogP contribution < -0.4 is 4.90 Å². The summed E-state index contributed by atoms with van der Waals surface area (Å²) < 4.78 is 5.35. The summed E-state index contributed by atoms with van der Waals surface area (Å²) in [7, 11) is 2.01. The molecule has 0 spiro atoms. The van der Waals surface area contributed by atoms with Crippen molar-refractivity contribution in [3.8, 4) is 6.07 Å². The van der Waals surface area contributed by atoms with Gasteiger partial charge in [-0.3, -0.25) is 0 Å². The van der Waals surface area contributed by atoms with Crippen LogP contribution in [0, 0.1) is 11.3 Å². The Morgan fingerprint density at radius 3 is 2.94 bits per heavy atom. The van der Waals surface area contributed by atoms with Crippen LogP contribution in [0.2, 0.25) is 5.02 Å². The summed E-state index contributed by atoms with van der Waals surface area (Å²) in [4.78, 5) is 2.12. The maximum Gasteiger partial charge on any atom is 0.0992 e. The van der Waals surface area contributed by atoms with Crippen LogP contribution in [0.5, 0.6) is 0 Å². The number of benzene rings is 1. The van der Waals surface area contributed by atoms with E-state index in [2.05, 4.69) is 11.0 Å². The lowest BCUT2D eigenvalue weighted by atomic mass is 10.1. The number of hydrogen-bond acceptors (Lipinski definition) is 3. The number of halogens is 1. The van der Waals surface area contributed by atoms with Crippen LogP contribution in [0.15, 0.2) is 18.2 Å². The Bertz CT molecular complexity index is 422. The van der Waals surface area contributed by atoms with Gasteiger partial charge in [-0.15, -0.1) is 0 Å². The van der Waals surface area contributed by atoms with Crippen molar-refractivity contribution in [2.45, 2.75) is 12.5 Å². The minimum absolute atomic E-state index is 0.380. The zero-order chi connectivity index (χ0) is 11.5. The van der Waals surface area contributed by atoms with Gasteiger partial charge in [-0.2, -0.15) is 5.26 Å². The molecule has 1 aliphatic heterocycles. The molecule has 3 nitrogen and oxygen atoms in total. The molecule has 0 N–H and O–H groups in total. The molecular weight excluding hydrogens is 224 g/mol. The first-order valence-corrected chi connectivity index (χ1v) is 5.60. The van der Waals surface area contributed by atoms with Gasteiger partial charge in [-0.25, -0.2) is 0 Å². The SMILES string of the molecule is CN(c1ccc(C#N)cc1Cl)C1CCOC1. The Hall–Kier alpha value is -1.24. The summed E-state index contributed by atoms with van der Waals surface area (Å²) in [5.74, 6) is 0. The molecule has 0 saturated carbocycles. The molecule has 2 rings (SSSR count). The maximum absolute atomic E-state index is 8.76. The van der Waals surface area contributed by atoms with E-state index in [9.17, 15) is 0 Å². The highest BCUT2D eigenvalue weighted by Gasteiger charge is 2.21. The van der Waals surface area contributed by atoms with E-state index in [0.717, 1.165) is 25.3 Å². The van der Waals surface area contributed by atoms with Gasteiger partial charge in [0.2, 0.25) is 0 Å². The van der Waals surface area contributed by atoms with Crippen LogP contribution in [0.4, 0.5) is 5.69 Å². The predicted molar refractivity (Wildman–Crippen MR) is 63.8 cm³/mol. The van der Waals surface area contributed by atoms with Crippen molar-refractivity contribution in [2.75, 3.05) is 25.2 Å². The molecular formula is C12H13ClN2O. The topological polar surface area (TPSA) is 36.3 Å². The first-order valence-electron chi connectivity index (χ1n) is 5.22. The Balaban J connectivity index is 2.23. The van der Waals surface area contributed by atoms with Crippen LogP contribution in [0.1, 0.15) is 12.0 Å². The van der Waals surface area contributed by atoms with Gasteiger partial charge in [0, 0.05) is 13.7 Å². The fourth-order valence-electron chi connectivity index (χ4n) is 1.89. The van der Waals surface area contributed by atoms with Crippen LogP contribution in [0.3, 0.4) is 0 Å². The first kappa shape index (κ1) is 11.3. The second-order valence-electron chi connectivity index (χ2n) is 3.91. The average molecular weight is 237 g/mol. The number of likely N-dealkylation sites (N-methyl/N-ethyl adjacent to an activating group) is 1. The van der Waals surface area contributed by atoms with E-state index in [0.29, 0.717) is 16.6 Å². The smallest absolute Gasteiger partial charge is 0.0992 e. The molecule has 84 valence electrons. The third kappa shape index (κ3) is 2.13. The largest absolute Gasteiger partial charge is 0.379 e. The summed E-state index contributed by atoms with van der Waals surface area (Å²) in [5, 5.41) is 9.38. The highest BCUT2D eigenvalue weighted by molar-refractivity contribution is 6.33. The summed E-state index contributed by atoms with van der Waals surface area (Å²) >= 11 is 6.15. The molecule has 1 aliphatic rings. The third-order valence-corrected chi connectivity index (χ3v) is 3.21. The lowest BCUT2D eigenvalue weighted by Crippen LogP contribution is -2.31. The average Bonchev–Trinajstić information content (AvgIpc) is 2.81. The first-order chi connectivity index (χ1) is 7.72. The summed E-state index contributed by atoms with van der Waals surface area (Å²) in [5.41, 5.74) is 1.54. The van der Waals surface area contributed by atoms with Crippen LogP contribution >= 0.6 is 11.6 Å². The normalized spacial score (nSPS) is 19.4. The molecule has 4 heteroatoms. The Labute approximate surface area is 100 Å². The second-order valence-corrected chi connectivity index (χ2v) is 4.31. The third-order valence-electron chi connectivity index (χ3n) is 2.91. The number of hydrogen-bond donors (Lipinski definition) is 0. The van der Waals surface area contributed by atoms with Crippen molar-refractivity contribution in [3.05, 3.63) is 28.8 Å². The Morgan fingerprint density at radius 1 is 1.56 bits per heavy atom. The van der Waals surface area contributed by atoms with Crippen molar-refractivity contribution in [2.24, 2.45) is 0 Å². The predicted octanol–water partition coefficient (Wildman–Crippen LogP) is 2.44. The molecule has 1 fully saturated rings. The van der Waals surface area contributed by atoms with Crippen LogP contribution in [-0.4, -0.2) is 26.3 Å². The van der Waals surface area contributed by atoms with E-state index in [1.807, 2.05) is 13.1 Å². The summed E-state index contributed by atoms with van der Waals surface area (Å²) in [6.07, 6.45) is 1.02. The van der Waals surface area contributed by atoms with E-state index >= 15 is 0 Å². The van der Waals surface area contributed by atoms with E-state index in [-0.39, 0.29) is 0 Å². The minimum atomic E-state index is 0.380. The molecule has 1 atom stereocenters. The van der Waals surface area contributed by atoms with Gasteiger partial charge in [-0.05, 0) is 24.6 Å². The number of anilines is 1. The van der Waals surface area contributed by atoms with Gasteiger partial charge in [0.15, 0.2) is 0 Å². The Kier molecular flexibility index (Phi) is 3.33. The molecule has 16 heavy (non-hydrogen) atoms. The lowest BCUT2D eigenvalue weighted by molar-refractivity contribution is 0.193. The van der Waals surface area contributed by atoms with Gasteiger partial charge in [0.25, 0.3) is 0 Å². The summed E-state index contributed by atoms with van der Waals surface area (Å²) in [6, 6.07) is 7.83. The highest BCUT2D eigenvalue weighted by atomic mass is 35.5. The van der Waals surface area contributed by atoms with Crippen molar-refractivity contribution in [3.63, 3.8) is 0 Å². The van der Waals surface area contributed by atoms with Crippen molar-refractivity contribution in [1.82, 2.24) is 0 Å². The standard InChI is InChI=1S/C12H13ClN2O/c1-15(10-4-5-16-8-10)12-3-2-9(7-14)6-11(12)13/h2-3,6,10H,4-5,8H2,1H3. The van der Waals surface area contributed by atoms with Crippen molar-refractivity contribution >= 4 is 17.3 Å². The van der Waals surface area contributed by atoms with Crippen LogP contribution in [-0.2, 0) is 4.74 Å². The molecule has 1 aromatic carbocycles. The molecule has 0 amide bonds. The second kappa shape index (κ2) is 4.73. The molecule has 0 radical (unpaired) electrons.